The molecule has 1 fully saturated rings. The molecule has 132 valence electrons. The summed E-state index contributed by atoms with van der Waals surface area (Å²) in [5, 5.41) is 15.3. The van der Waals surface area contributed by atoms with Crippen molar-refractivity contribution in [1.29, 1.82) is 0 Å². The van der Waals surface area contributed by atoms with Gasteiger partial charge in [-0.25, -0.2) is 9.18 Å². The number of benzene rings is 1. The number of aliphatic carboxylic acids is 1. The van der Waals surface area contributed by atoms with Crippen LogP contribution >= 0.6 is 0 Å². The lowest BCUT2D eigenvalue weighted by Crippen LogP contribution is -2.37. The zero-order valence-corrected chi connectivity index (χ0v) is 13.3. The Kier molecular flexibility index (Phi) is 4.75. The lowest BCUT2D eigenvalue weighted by atomic mass is 10.2. The molecule has 1 saturated heterocycles. The molecule has 25 heavy (non-hydrogen) atoms. The molecule has 1 aromatic carbocycles. The van der Waals surface area contributed by atoms with E-state index in [2.05, 4.69) is 15.5 Å². The van der Waals surface area contributed by atoms with Gasteiger partial charge in [0, 0.05) is 5.56 Å². The summed E-state index contributed by atoms with van der Waals surface area (Å²) in [5.74, 6) is -1.59. The maximum atomic E-state index is 13.3. The van der Waals surface area contributed by atoms with E-state index >= 15 is 0 Å². The highest BCUT2D eigenvalue weighted by Gasteiger charge is 2.35. The molecule has 1 aliphatic rings. The van der Waals surface area contributed by atoms with Gasteiger partial charge in [-0.2, -0.15) is 4.98 Å². The van der Waals surface area contributed by atoms with Gasteiger partial charge in [-0.1, -0.05) is 17.3 Å². The number of halogens is 1. The van der Waals surface area contributed by atoms with Crippen molar-refractivity contribution in [1.82, 2.24) is 15.5 Å². The van der Waals surface area contributed by atoms with Crippen molar-refractivity contribution in [3.63, 3.8) is 0 Å². The third kappa shape index (κ3) is 3.82. The second-order valence-electron chi connectivity index (χ2n) is 5.73. The number of nitrogens with zero attached hydrogens (tertiary/aromatic N) is 2. The van der Waals surface area contributed by atoms with Crippen molar-refractivity contribution >= 4 is 11.9 Å². The number of hydrogen-bond acceptors (Lipinski definition) is 6. The van der Waals surface area contributed by atoms with Crippen molar-refractivity contribution in [3.8, 4) is 11.4 Å². The first kappa shape index (κ1) is 17.0. The van der Waals surface area contributed by atoms with Crippen LogP contribution < -0.4 is 5.32 Å². The minimum atomic E-state index is -1.08. The van der Waals surface area contributed by atoms with Crippen LogP contribution in [0, 0.1) is 5.82 Å². The Hall–Kier alpha value is -2.81. The molecule has 1 aromatic heterocycles. The summed E-state index contributed by atoms with van der Waals surface area (Å²) in [5.41, 5.74) is 0.456. The van der Waals surface area contributed by atoms with E-state index in [0.717, 1.165) is 0 Å². The molecule has 1 amide bonds. The highest BCUT2D eigenvalue weighted by atomic mass is 19.1. The molecule has 0 aliphatic carbocycles. The SMILES string of the molecule is CC(NC(=O)[C@@H]1CC[C@H](C(=O)O)O1)c1nc(-c2cccc(F)c2)no1. The Balaban J connectivity index is 1.63. The van der Waals surface area contributed by atoms with Crippen LogP contribution in [-0.2, 0) is 14.3 Å². The Bertz CT molecular complexity index is 794. The van der Waals surface area contributed by atoms with Crippen LogP contribution in [0.25, 0.3) is 11.4 Å². The summed E-state index contributed by atoms with van der Waals surface area (Å²) in [4.78, 5) is 27.2. The molecule has 2 heterocycles. The van der Waals surface area contributed by atoms with Crippen molar-refractivity contribution in [2.24, 2.45) is 0 Å². The minimum Gasteiger partial charge on any atom is -0.479 e. The van der Waals surface area contributed by atoms with E-state index in [-0.39, 0.29) is 18.1 Å². The lowest BCUT2D eigenvalue weighted by molar-refractivity contribution is -0.151. The maximum Gasteiger partial charge on any atom is 0.332 e. The average Bonchev–Trinajstić information content (AvgIpc) is 3.24. The van der Waals surface area contributed by atoms with Gasteiger partial charge in [0.05, 0.1) is 0 Å². The second kappa shape index (κ2) is 6.98. The molecule has 0 spiro atoms. The normalized spacial score (nSPS) is 21.0. The predicted molar refractivity (Wildman–Crippen MR) is 81.8 cm³/mol. The molecule has 3 atom stereocenters. The zero-order valence-electron chi connectivity index (χ0n) is 13.3. The van der Waals surface area contributed by atoms with E-state index in [1.807, 2.05) is 0 Å². The first-order chi connectivity index (χ1) is 11.9. The molecule has 0 radical (unpaired) electrons. The number of ether oxygens (including phenoxy) is 1. The second-order valence-corrected chi connectivity index (χ2v) is 5.73. The van der Waals surface area contributed by atoms with Crippen LogP contribution in [0.3, 0.4) is 0 Å². The monoisotopic (exact) mass is 349 g/mol. The van der Waals surface area contributed by atoms with Gasteiger partial charge in [-0.05, 0) is 31.9 Å². The van der Waals surface area contributed by atoms with Crippen LogP contribution in [-0.4, -0.2) is 39.3 Å². The number of hydrogen-bond donors (Lipinski definition) is 2. The highest BCUT2D eigenvalue weighted by molar-refractivity contribution is 5.82. The number of rotatable bonds is 5. The standard InChI is InChI=1S/C16H16FN3O5/c1-8(18-14(21)11-5-6-12(24-11)16(22)23)15-19-13(20-25-15)9-3-2-4-10(17)7-9/h2-4,7-8,11-12H,5-6H2,1H3,(H,18,21)(H,22,23)/t8?,11-,12+/m0/s1. The number of carboxylic acids is 1. The van der Waals surface area contributed by atoms with Gasteiger partial charge in [0.25, 0.3) is 0 Å². The van der Waals surface area contributed by atoms with E-state index in [1.54, 1.807) is 13.0 Å². The van der Waals surface area contributed by atoms with Gasteiger partial charge < -0.3 is 19.7 Å². The molecule has 1 unspecified atom stereocenters. The average molecular weight is 349 g/mol. The molecule has 2 aromatic rings. The largest absolute Gasteiger partial charge is 0.479 e. The summed E-state index contributed by atoms with van der Waals surface area (Å²) >= 11 is 0. The first-order valence-corrected chi connectivity index (χ1v) is 7.72. The molecule has 1 aliphatic heterocycles. The highest BCUT2D eigenvalue weighted by Crippen LogP contribution is 2.22. The van der Waals surface area contributed by atoms with Crippen LogP contribution in [0.1, 0.15) is 31.7 Å². The molecule has 8 nitrogen and oxygen atoms in total. The molecule has 3 rings (SSSR count). The Morgan fingerprint density at radius 3 is 2.80 bits per heavy atom. The number of carboxylic acid groups (broad SMARTS) is 1. The van der Waals surface area contributed by atoms with Crippen molar-refractivity contribution in [2.45, 2.75) is 38.0 Å². The Morgan fingerprint density at radius 2 is 2.12 bits per heavy atom. The van der Waals surface area contributed by atoms with E-state index < -0.39 is 35.9 Å². The summed E-state index contributed by atoms with van der Waals surface area (Å²) in [6.45, 7) is 1.64. The topological polar surface area (TPSA) is 115 Å². The Labute approximate surface area is 142 Å². The molecular formula is C16H16FN3O5. The predicted octanol–water partition coefficient (Wildman–Crippen LogP) is 1.69. The fraction of sp³-hybridized carbons (Fsp3) is 0.375. The fourth-order valence-corrected chi connectivity index (χ4v) is 2.54. The number of nitrogens with one attached hydrogen (secondary N) is 1. The molecule has 0 bridgehead atoms. The van der Waals surface area contributed by atoms with Crippen LogP contribution in [0.4, 0.5) is 4.39 Å². The van der Waals surface area contributed by atoms with Gasteiger partial charge in [-0.3, -0.25) is 4.79 Å². The fourth-order valence-electron chi connectivity index (χ4n) is 2.54. The quantitative estimate of drug-likeness (QED) is 0.844. The zero-order chi connectivity index (χ0) is 18.0. The summed E-state index contributed by atoms with van der Waals surface area (Å²) in [6.07, 6.45) is -1.18. The van der Waals surface area contributed by atoms with Crippen molar-refractivity contribution in [2.75, 3.05) is 0 Å². The number of carbonyl (C=O) groups is 2. The number of aromatic nitrogens is 2. The van der Waals surface area contributed by atoms with E-state index in [9.17, 15) is 14.0 Å². The summed E-state index contributed by atoms with van der Waals surface area (Å²) in [6, 6.07) is 5.15. The van der Waals surface area contributed by atoms with E-state index in [0.29, 0.717) is 12.0 Å². The molecule has 9 heteroatoms. The summed E-state index contributed by atoms with van der Waals surface area (Å²) in [7, 11) is 0. The lowest BCUT2D eigenvalue weighted by Gasteiger charge is -2.14. The summed E-state index contributed by atoms with van der Waals surface area (Å²) < 4.78 is 23.6. The van der Waals surface area contributed by atoms with Gasteiger partial charge in [0.2, 0.25) is 17.6 Å². The van der Waals surface area contributed by atoms with Gasteiger partial charge in [0.15, 0.2) is 6.10 Å². The molecule has 2 N–H and O–H groups in total. The van der Waals surface area contributed by atoms with Gasteiger partial charge in [0.1, 0.15) is 18.0 Å². The smallest absolute Gasteiger partial charge is 0.332 e. The van der Waals surface area contributed by atoms with Crippen LogP contribution in [0.15, 0.2) is 28.8 Å². The minimum absolute atomic E-state index is 0.153. The first-order valence-electron chi connectivity index (χ1n) is 7.72. The molecule has 0 saturated carbocycles. The Morgan fingerprint density at radius 1 is 1.36 bits per heavy atom. The van der Waals surface area contributed by atoms with Gasteiger partial charge in [-0.15, -0.1) is 0 Å². The number of carbonyl (C=O) groups excluding carboxylic acids is 1. The van der Waals surface area contributed by atoms with Crippen LogP contribution in [0.2, 0.25) is 0 Å². The third-order valence-electron chi connectivity index (χ3n) is 3.84. The van der Waals surface area contributed by atoms with Crippen LogP contribution in [0.5, 0.6) is 0 Å². The van der Waals surface area contributed by atoms with Crippen molar-refractivity contribution in [3.05, 3.63) is 36.0 Å². The van der Waals surface area contributed by atoms with Gasteiger partial charge >= 0.3 is 5.97 Å². The van der Waals surface area contributed by atoms with E-state index in [4.69, 9.17) is 14.4 Å². The molecular weight excluding hydrogens is 333 g/mol. The number of amides is 1. The van der Waals surface area contributed by atoms with Crippen molar-refractivity contribution < 1.29 is 28.3 Å². The van der Waals surface area contributed by atoms with E-state index in [1.165, 1.54) is 18.2 Å². The maximum absolute atomic E-state index is 13.3. The third-order valence-corrected chi connectivity index (χ3v) is 3.84.